The third-order valence-electron chi connectivity index (χ3n) is 3.77. The minimum absolute atomic E-state index is 0.0279. The van der Waals surface area contributed by atoms with Crippen molar-refractivity contribution in [2.24, 2.45) is 0 Å². The fourth-order valence-corrected chi connectivity index (χ4v) is 2.50. The number of aliphatic hydroxyl groups excluding tert-OH is 1. The predicted octanol–water partition coefficient (Wildman–Crippen LogP) is 4.29. The van der Waals surface area contributed by atoms with Crippen LogP contribution >= 0.6 is 0 Å². The molecule has 1 aromatic heterocycles. The zero-order chi connectivity index (χ0) is 16.8. The van der Waals surface area contributed by atoms with Gasteiger partial charge in [-0.2, -0.15) is 0 Å². The maximum atomic E-state index is 9.37. The topological polar surface area (TPSA) is 54.4 Å². The van der Waals surface area contributed by atoms with E-state index in [1.165, 1.54) is 0 Å². The third-order valence-corrected chi connectivity index (χ3v) is 3.77. The van der Waals surface area contributed by atoms with E-state index >= 15 is 0 Å². The lowest BCUT2D eigenvalue weighted by Gasteiger charge is -2.13. The molecule has 0 radical (unpaired) electrons. The van der Waals surface area contributed by atoms with Crippen LogP contribution in [0.1, 0.15) is 16.7 Å². The van der Waals surface area contributed by atoms with Gasteiger partial charge in [0.25, 0.3) is 0 Å². The number of para-hydroxylation sites is 1. The van der Waals surface area contributed by atoms with E-state index in [0.717, 1.165) is 33.9 Å². The van der Waals surface area contributed by atoms with E-state index in [1.54, 1.807) is 12.4 Å². The smallest absolute Gasteiger partial charge is 0.145 e. The highest BCUT2D eigenvalue weighted by Crippen LogP contribution is 2.25. The summed E-state index contributed by atoms with van der Waals surface area (Å²) in [5, 5.41) is 12.7. The summed E-state index contributed by atoms with van der Waals surface area (Å²) < 4.78 is 5.85. The highest BCUT2D eigenvalue weighted by atomic mass is 16.5. The number of hydrogen-bond donors (Lipinski definition) is 2. The molecule has 0 unspecified atom stereocenters. The van der Waals surface area contributed by atoms with Crippen LogP contribution < -0.4 is 10.1 Å². The molecule has 0 saturated carbocycles. The fraction of sp³-hybridized carbons (Fsp3) is 0.150. The number of nitrogens with one attached hydrogen (secondary N) is 1. The number of nitrogens with zero attached hydrogens (tertiary/aromatic N) is 1. The van der Waals surface area contributed by atoms with Crippen molar-refractivity contribution in [1.29, 1.82) is 0 Å². The number of anilines is 1. The first-order valence-electron chi connectivity index (χ1n) is 7.86. The largest absolute Gasteiger partial charge is 0.455 e. The molecule has 0 spiro atoms. The number of aryl methyl sites for hydroxylation is 1. The van der Waals surface area contributed by atoms with Gasteiger partial charge in [0.15, 0.2) is 0 Å². The van der Waals surface area contributed by atoms with Gasteiger partial charge in [-0.1, -0.05) is 30.3 Å². The number of aromatic nitrogens is 1. The van der Waals surface area contributed by atoms with Crippen LogP contribution in [0.4, 0.5) is 5.69 Å². The second kappa shape index (κ2) is 7.62. The van der Waals surface area contributed by atoms with E-state index in [4.69, 9.17) is 4.74 Å². The van der Waals surface area contributed by atoms with Crippen molar-refractivity contribution in [3.63, 3.8) is 0 Å². The summed E-state index contributed by atoms with van der Waals surface area (Å²) in [5.74, 6) is 1.55. The average molecular weight is 320 g/mol. The molecule has 1 heterocycles. The number of aliphatic hydroxyl groups is 1. The molecule has 3 rings (SSSR count). The lowest BCUT2D eigenvalue weighted by Crippen LogP contribution is -2.03. The highest BCUT2D eigenvalue weighted by molar-refractivity contribution is 5.51. The molecule has 122 valence electrons. The number of pyridine rings is 1. The van der Waals surface area contributed by atoms with Crippen molar-refractivity contribution in [3.8, 4) is 11.5 Å². The summed E-state index contributed by atoms with van der Waals surface area (Å²) >= 11 is 0. The average Bonchev–Trinajstić information content (AvgIpc) is 2.63. The number of benzene rings is 2. The van der Waals surface area contributed by atoms with Gasteiger partial charge in [0.05, 0.1) is 12.8 Å². The van der Waals surface area contributed by atoms with E-state index in [2.05, 4.69) is 16.4 Å². The van der Waals surface area contributed by atoms with Gasteiger partial charge in [-0.05, 0) is 42.3 Å². The van der Waals surface area contributed by atoms with Crippen molar-refractivity contribution < 1.29 is 9.84 Å². The molecular weight excluding hydrogens is 300 g/mol. The molecule has 0 bridgehead atoms. The van der Waals surface area contributed by atoms with E-state index in [-0.39, 0.29) is 6.61 Å². The third kappa shape index (κ3) is 3.91. The summed E-state index contributed by atoms with van der Waals surface area (Å²) in [7, 11) is 0. The van der Waals surface area contributed by atoms with E-state index in [1.807, 2.05) is 55.5 Å². The van der Waals surface area contributed by atoms with Gasteiger partial charge in [-0.25, -0.2) is 0 Å². The van der Waals surface area contributed by atoms with E-state index in [9.17, 15) is 5.11 Å². The molecule has 2 aromatic carbocycles. The first kappa shape index (κ1) is 16.0. The van der Waals surface area contributed by atoms with Crippen molar-refractivity contribution >= 4 is 5.69 Å². The van der Waals surface area contributed by atoms with Gasteiger partial charge in [0.1, 0.15) is 11.5 Å². The molecule has 2 N–H and O–H groups in total. The Bertz CT molecular complexity index is 804. The maximum Gasteiger partial charge on any atom is 0.145 e. The Labute approximate surface area is 141 Å². The fourth-order valence-electron chi connectivity index (χ4n) is 2.50. The normalized spacial score (nSPS) is 10.4. The molecule has 0 amide bonds. The summed E-state index contributed by atoms with van der Waals surface area (Å²) in [6, 6.07) is 17.6. The second-order valence-corrected chi connectivity index (χ2v) is 5.56. The summed E-state index contributed by atoms with van der Waals surface area (Å²) in [4.78, 5) is 4.05. The molecule has 0 atom stereocenters. The molecular formula is C20H20N2O2. The quantitative estimate of drug-likeness (QED) is 0.711. The minimum atomic E-state index is 0.0279. The van der Waals surface area contributed by atoms with Gasteiger partial charge in [0, 0.05) is 24.0 Å². The van der Waals surface area contributed by atoms with Crippen molar-refractivity contribution in [1.82, 2.24) is 4.98 Å². The Hall–Kier alpha value is -2.85. The zero-order valence-corrected chi connectivity index (χ0v) is 13.6. The number of ether oxygens (including phenoxy) is 1. The van der Waals surface area contributed by atoms with E-state index < -0.39 is 0 Å². The van der Waals surface area contributed by atoms with E-state index in [0.29, 0.717) is 6.54 Å². The Balaban J connectivity index is 1.68. The van der Waals surface area contributed by atoms with Crippen molar-refractivity contribution in [2.45, 2.75) is 20.1 Å². The molecule has 0 fully saturated rings. The van der Waals surface area contributed by atoms with Crippen LogP contribution in [0.3, 0.4) is 0 Å². The molecule has 4 heteroatoms. The number of hydrogen-bond acceptors (Lipinski definition) is 4. The predicted molar refractivity (Wildman–Crippen MR) is 95.2 cm³/mol. The van der Waals surface area contributed by atoms with Crippen LogP contribution in [-0.2, 0) is 13.2 Å². The van der Waals surface area contributed by atoms with Crippen molar-refractivity contribution in [3.05, 3.63) is 83.7 Å². The molecule has 0 saturated heterocycles. The van der Waals surface area contributed by atoms with Gasteiger partial charge in [-0.15, -0.1) is 0 Å². The highest BCUT2D eigenvalue weighted by Gasteiger charge is 2.04. The Morgan fingerprint density at radius 3 is 2.71 bits per heavy atom. The first-order valence-corrected chi connectivity index (χ1v) is 7.86. The second-order valence-electron chi connectivity index (χ2n) is 5.56. The van der Waals surface area contributed by atoms with Gasteiger partial charge in [0.2, 0.25) is 0 Å². The zero-order valence-electron chi connectivity index (χ0n) is 13.6. The SMILES string of the molecule is Cc1cc(CNc2ccccc2CO)ccc1Oc1cccnc1. The lowest BCUT2D eigenvalue weighted by atomic mass is 10.1. The summed E-state index contributed by atoms with van der Waals surface area (Å²) in [6.07, 6.45) is 3.42. The van der Waals surface area contributed by atoms with Crippen LogP contribution in [0.5, 0.6) is 11.5 Å². The van der Waals surface area contributed by atoms with Gasteiger partial charge >= 0.3 is 0 Å². The van der Waals surface area contributed by atoms with Crippen LogP contribution in [0.2, 0.25) is 0 Å². The van der Waals surface area contributed by atoms with Crippen LogP contribution in [0.15, 0.2) is 67.0 Å². The monoisotopic (exact) mass is 320 g/mol. The Morgan fingerprint density at radius 2 is 1.96 bits per heavy atom. The first-order chi connectivity index (χ1) is 11.8. The van der Waals surface area contributed by atoms with Crippen molar-refractivity contribution in [2.75, 3.05) is 5.32 Å². The van der Waals surface area contributed by atoms with Crippen LogP contribution in [0, 0.1) is 6.92 Å². The molecule has 0 aliphatic rings. The molecule has 0 aliphatic heterocycles. The van der Waals surface area contributed by atoms with Gasteiger partial charge in [-0.3, -0.25) is 4.98 Å². The standard InChI is InChI=1S/C20H20N2O2/c1-15-11-16(12-22-19-7-3-2-5-17(19)14-23)8-9-20(15)24-18-6-4-10-21-13-18/h2-11,13,22-23H,12,14H2,1H3. The molecule has 4 nitrogen and oxygen atoms in total. The van der Waals surface area contributed by atoms with Gasteiger partial charge < -0.3 is 15.2 Å². The molecule has 0 aliphatic carbocycles. The molecule has 3 aromatic rings. The van der Waals surface area contributed by atoms with Crippen LogP contribution in [0.25, 0.3) is 0 Å². The minimum Gasteiger partial charge on any atom is -0.455 e. The maximum absolute atomic E-state index is 9.37. The summed E-state index contributed by atoms with van der Waals surface area (Å²) in [5.41, 5.74) is 4.06. The Morgan fingerprint density at radius 1 is 1.08 bits per heavy atom. The van der Waals surface area contributed by atoms with Crippen LogP contribution in [-0.4, -0.2) is 10.1 Å². The lowest BCUT2D eigenvalue weighted by molar-refractivity contribution is 0.282. The summed E-state index contributed by atoms with van der Waals surface area (Å²) in [6.45, 7) is 2.74. The Kier molecular flexibility index (Phi) is 5.08. The molecule has 24 heavy (non-hydrogen) atoms. The number of rotatable bonds is 6.